The van der Waals surface area contributed by atoms with E-state index in [2.05, 4.69) is 0 Å². The minimum atomic E-state index is 0.258. The molecule has 0 saturated carbocycles. The molecule has 0 unspecified atom stereocenters. The van der Waals surface area contributed by atoms with Crippen LogP contribution < -0.4 is 0 Å². The Hall–Kier alpha value is -0.960. The van der Waals surface area contributed by atoms with Crippen molar-refractivity contribution in [3.05, 3.63) is 30.3 Å². The van der Waals surface area contributed by atoms with Crippen molar-refractivity contribution in [3.63, 3.8) is 0 Å². The van der Waals surface area contributed by atoms with Gasteiger partial charge in [0.15, 0.2) is 0 Å². The molecule has 1 aliphatic rings. The van der Waals surface area contributed by atoms with Crippen LogP contribution in [0.4, 0.5) is 0 Å². The number of nitrogens with zero attached hydrogens (tertiary/aromatic N) is 1. The number of benzene rings is 1. The zero-order valence-corrected chi connectivity index (χ0v) is 8.09. The fourth-order valence-corrected chi connectivity index (χ4v) is 2.28. The van der Waals surface area contributed by atoms with Gasteiger partial charge < -0.3 is 0 Å². The Morgan fingerprint density at radius 2 is 2.00 bits per heavy atom. The van der Waals surface area contributed by atoms with Gasteiger partial charge in [0, 0.05) is 17.9 Å². The van der Waals surface area contributed by atoms with E-state index in [1.165, 1.54) is 0 Å². The zero-order valence-electron chi connectivity index (χ0n) is 7.27. The van der Waals surface area contributed by atoms with Crippen LogP contribution in [0, 0.1) is 0 Å². The largest absolute Gasteiger partial charge is 0.282 e. The van der Waals surface area contributed by atoms with Crippen molar-refractivity contribution in [1.29, 1.82) is 0 Å². The molecule has 0 aromatic heterocycles. The summed E-state index contributed by atoms with van der Waals surface area (Å²) in [7, 11) is 0. The Bertz CT molecular complexity index is 299. The molecule has 2 nitrogen and oxygen atoms in total. The summed E-state index contributed by atoms with van der Waals surface area (Å²) in [5.74, 6) is 0.258. The topological polar surface area (TPSA) is 20.3 Å². The van der Waals surface area contributed by atoms with E-state index in [4.69, 9.17) is 0 Å². The molecule has 3 heteroatoms. The summed E-state index contributed by atoms with van der Waals surface area (Å²) in [5.41, 5.74) is 0. The van der Waals surface area contributed by atoms with Gasteiger partial charge >= 0.3 is 0 Å². The van der Waals surface area contributed by atoms with Crippen LogP contribution in [0.5, 0.6) is 0 Å². The maximum Gasteiger partial charge on any atom is 0.232 e. The summed E-state index contributed by atoms with van der Waals surface area (Å²) in [6.45, 7) is 0.887. The van der Waals surface area contributed by atoms with E-state index in [1.54, 1.807) is 11.9 Å². The normalized spacial score (nSPS) is 16.6. The molecular weight excluding hydrogens is 182 g/mol. The average molecular weight is 193 g/mol. The third-order valence-corrected chi connectivity index (χ3v) is 3.08. The molecule has 2 rings (SSSR count). The minimum absolute atomic E-state index is 0.258. The smallest absolute Gasteiger partial charge is 0.232 e. The first-order chi connectivity index (χ1) is 6.36. The number of hydrogen-bond acceptors (Lipinski definition) is 2. The molecule has 1 heterocycles. The van der Waals surface area contributed by atoms with Gasteiger partial charge in [-0.25, -0.2) is 0 Å². The molecule has 68 valence electrons. The van der Waals surface area contributed by atoms with Gasteiger partial charge in [-0.2, -0.15) is 0 Å². The Morgan fingerprint density at radius 3 is 2.62 bits per heavy atom. The summed E-state index contributed by atoms with van der Waals surface area (Å²) < 4.78 is 1.84. The van der Waals surface area contributed by atoms with E-state index in [0.29, 0.717) is 6.42 Å². The van der Waals surface area contributed by atoms with Crippen LogP contribution in [-0.2, 0) is 4.79 Å². The second-order valence-electron chi connectivity index (χ2n) is 3.00. The van der Waals surface area contributed by atoms with Crippen LogP contribution in [0.2, 0.25) is 0 Å². The highest BCUT2D eigenvalue weighted by molar-refractivity contribution is 7.97. The Labute approximate surface area is 82.1 Å². The van der Waals surface area contributed by atoms with Crippen molar-refractivity contribution in [2.75, 3.05) is 6.54 Å². The van der Waals surface area contributed by atoms with Crippen LogP contribution in [0.1, 0.15) is 12.8 Å². The maximum atomic E-state index is 11.3. The van der Waals surface area contributed by atoms with Crippen molar-refractivity contribution in [2.24, 2.45) is 0 Å². The predicted molar refractivity (Wildman–Crippen MR) is 53.2 cm³/mol. The lowest BCUT2D eigenvalue weighted by Crippen LogP contribution is -2.15. The number of rotatable bonds is 2. The van der Waals surface area contributed by atoms with Gasteiger partial charge in [0.1, 0.15) is 0 Å². The summed E-state index contributed by atoms with van der Waals surface area (Å²) in [6.07, 6.45) is 1.71. The molecule has 0 bridgehead atoms. The summed E-state index contributed by atoms with van der Waals surface area (Å²) in [6, 6.07) is 10.0. The Morgan fingerprint density at radius 1 is 1.23 bits per heavy atom. The van der Waals surface area contributed by atoms with Gasteiger partial charge in [0.05, 0.1) is 0 Å². The van der Waals surface area contributed by atoms with Gasteiger partial charge in [-0.1, -0.05) is 18.2 Å². The van der Waals surface area contributed by atoms with Crippen molar-refractivity contribution < 1.29 is 4.79 Å². The van der Waals surface area contributed by atoms with Crippen molar-refractivity contribution in [3.8, 4) is 0 Å². The van der Waals surface area contributed by atoms with Gasteiger partial charge in [0.2, 0.25) is 5.91 Å². The molecule has 1 aromatic carbocycles. The Kier molecular flexibility index (Phi) is 2.54. The fraction of sp³-hybridized carbons (Fsp3) is 0.300. The monoisotopic (exact) mass is 193 g/mol. The van der Waals surface area contributed by atoms with E-state index >= 15 is 0 Å². The van der Waals surface area contributed by atoms with Crippen molar-refractivity contribution in [2.45, 2.75) is 17.7 Å². The average Bonchev–Trinajstić information content (AvgIpc) is 2.54. The SMILES string of the molecule is O=C1CCCN1Sc1ccccc1. The molecule has 0 spiro atoms. The molecule has 0 aliphatic carbocycles. The lowest BCUT2D eigenvalue weighted by Gasteiger charge is -2.12. The second kappa shape index (κ2) is 3.83. The minimum Gasteiger partial charge on any atom is -0.282 e. The van der Waals surface area contributed by atoms with Crippen molar-refractivity contribution >= 4 is 17.9 Å². The highest BCUT2D eigenvalue weighted by Crippen LogP contribution is 2.26. The standard InChI is InChI=1S/C10H11NOS/c12-10-7-4-8-11(10)13-9-5-2-1-3-6-9/h1-3,5-6H,4,7-8H2. The van der Waals surface area contributed by atoms with Crippen LogP contribution in [0.25, 0.3) is 0 Å². The summed E-state index contributed by atoms with van der Waals surface area (Å²) in [5, 5.41) is 0. The summed E-state index contributed by atoms with van der Waals surface area (Å²) >= 11 is 1.54. The zero-order chi connectivity index (χ0) is 9.10. The number of carbonyl (C=O) groups excluding carboxylic acids is 1. The first kappa shape index (κ1) is 8.63. The highest BCUT2D eigenvalue weighted by Gasteiger charge is 2.20. The Balaban J connectivity index is 2.02. The van der Waals surface area contributed by atoms with E-state index in [0.717, 1.165) is 17.9 Å². The molecule has 0 atom stereocenters. The van der Waals surface area contributed by atoms with Crippen molar-refractivity contribution in [1.82, 2.24) is 4.31 Å². The fourth-order valence-electron chi connectivity index (χ4n) is 1.33. The summed E-state index contributed by atoms with van der Waals surface area (Å²) in [4.78, 5) is 12.4. The van der Waals surface area contributed by atoms with E-state index < -0.39 is 0 Å². The highest BCUT2D eigenvalue weighted by atomic mass is 32.2. The van der Waals surface area contributed by atoms with Crippen LogP contribution in [0.3, 0.4) is 0 Å². The lowest BCUT2D eigenvalue weighted by molar-refractivity contribution is -0.123. The molecule has 0 N–H and O–H groups in total. The molecule has 1 saturated heterocycles. The van der Waals surface area contributed by atoms with E-state index in [1.807, 2.05) is 34.6 Å². The second-order valence-corrected chi connectivity index (χ2v) is 4.10. The van der Waals surface area contributed by atoms with Crippen LogP contribution in [-0.4, -0.2) is 16.8 Å². The molecule has 1 aliphatic heterocycles. The number of carbonyl (C=O) groups is 1. The molecule has 1 fully saturated rings. The molecule has 1 aromatic rings. The van der Waals surface area contributed by atoms with Gasteiger partial charge in [-0.05, 0) is 30.5 Å². The number of hydrogen-bond donors (Lipinski definition) is 0. The van der Waals surface area contributed by atoms with Gasteiger partial charge in [-0.3, -0.25) is 9.10 Å². The lowest BCUT2D eigenvalue weighted by atomic mass is 10.4. The molecule has 0 radical (unpaired) electrons. The number of amides is 1. The quantitative estimate of drug-likeness (QED) is 0.672. The molecular formula is C10H11NOS. The molecule has 13 heavy (non-hydrogen) atoms. The van der Waals surface area contributed by atoms with Crippen LogP contribution >= 0.6 is 11.9 Å². The van der Waals surface area contributed by atoms with E-state index in [9.17, 15) is 4.79 Å². The third-order valence-electron chi connectivity index (χ3n) is 1.99. The molecule has 1 amide bonds. The maximum absolute atomic E-state index is 11.3. The predicted octanol–water partition coefficient (Wildman–Crippen LogP) is 2.32. The van der Waals surface area contributed by atoms with Crippen LogP contribution in [0.15, 0.2) is 35.2 Å². The van der Waals surface area contributed by atoms with E-state index in [-0.39, 0.29) is 5.91 Å². The third kappa shape index (κ3) is 2.04. The first-order valence-electron chi connectivity index (χ1n) is 4.39. The van der Waals surface area contributed by atoms with Gasteiger partial charge in [-0.15, -0.1) is 0 Å². The van der Waals surface area contributed by atoms with Gasteiger partial charge in [0.25, 0.3) is 0 Å². The first-order valence-corrected chi connectivity index (χ1v) is 5.17.